The molecule has 0 aliphatic carbocycles. The van der Waals surface area contributed by atoms with Gasteiger partial charge in [0.2, 0.25) is 0 Å². The van der Waals surface area contributed by atoms with Gasteiger partial charge in [-0.25, -0.2) is 4.79 Å². The Balaban J connectivity index is 0.00000172. The molecule has 0 aliphatic heterocycles. The van der Waals surface area contributed by atoms with Crippen molar-refractivity contribution in [1.29, 1.82) is 0 Å². The molecule has 0 amide bonds. The normalized spacial score (nSPS) is 9.80. The van der Waals surface area contributed by atoms with E-state index in [1.54, 1.807) is 6.08 Å². The van der Waals surface area contributed by atoms with Crippen molar-refractivity contribution in [3.05, 3.63) is 35.9 Å². The quantitative estimate of drug-likeness (QED) is 0.333. The van der Waals surface area contributed by atoms with Gasteiger partial charge >= 0.3 is 27.8 Å². The van der Waals surface area contributed by atoms with Crippen LogP contribution in [-0.4, -0.2) is 19.7 Å². The molecule has 1 aromatic rings. The summed E-state index contributed by atoms with van der Waals surface area (Å²) in [4.78, 5) is 10.9. The van der Waals surface area contributed by atoms with Crippen LogP contribution in [0.1, 0.15) is 31.7 Å². The Morgan fingerprint density at radius 2 is 1.85 bits per heavy atom. The van der Waals surface area contributed by atoms with Gasteiger partial charge in [0.25, 0.3) is 0 Å². The molecule has 0 bridgehead atoms. The monoisotopic (exact) mass is 328 g/mol. The summed E-state index contributed by atoms with van der Waals surface area (Å²) in [5, 5.41) is 0. The van der Waals surface area contributed by atoms with Gasteiger partial charge in [0, 0.05) is 6.08 Å². The van der Waals surface area contributed by atoms with E-state index in [2.05, 4.69) is 11.7 Å². The Bertz CT molecular complexity index is 401. The first-order valence-corrected chi connectivity index (χ1v) is 7.75. The Morgan fingerprint density at radius 1 is 1.20 bits per heavy atom. The predicted molar refractivity (Wildman–Crippen MR) is 73.2 cm³/mol. The Kier molecular flexibility index (Phi) is 11.8. The second-order valence-corrected chi connectivity index (χ2v) is 3.98. The SMILES string of the molecule is CCCCCOc1ccc(/C=C/C(=O)OC)cc1.[O]=[Zn]. The summed E-state index contributed by atoms with van der Waals surface area (Å²) in [5.41, 5.74) is 0.946. The fraction of sp³-hybridized carbons (Fsp3) is 0.400. The van der Waals surface area contributed by atoms with E-state index in [0.717, 1.165) is 24.3 Å². The summed E-state index contributed by atoms with van der Waals surface area (Å²) in [5.74, 6) is 0.510. The molecule has 0 atom stereocenters. The molecule has 0 fully saturated rings. The summed E-state index contributed by atoms with van der Waals surface area (Å²) in [6.45, 7) is 2.92. The number of esters is 1. The number of methoxy groups -OCH3 is 1. The third kappa shape index (κ3) is 8.70. The van der Waals surface area contributed by atoms with Crippen LogP contribution in [0.5, 0.6) is 5.75 Å². The summed E-state index contributed by atoms with van der Waals surface area (Å²) < 4.78 is 18.5. The van der Waals surface area contributed by atoms with Crippen LogP contribution in [-0.2, 0) is 31.4 Å². The third-order valence-corrected chi connectivity index (χ3v) is 2.51. The molecule has 0 heterocycles. The molecule has 20 heavy (non-hydrogen) atoms. The van der Waals surface area contributed by atoms with E-state index in [1.165, 1.54) is 26.0 Å². The van der Waals surface area contributed by atoms with Crippen molar-refractivity contribution in [2.24, 2.45) is 0 Å². The second-order valence-electron chi connectivity index (χ2n) is 3.98. The zero-order valence-electron chi connectivity index (χ0n) is 12.1. The minimum absolute atomic E-state index is 0.125. The fourth-order valence-corrected chi connectivity index (χ4v) is 1.45. The van der Waals surface area contributed by atoms with Crippen molar-refractivity contribution in [3.8, 4) is 5.75 Å². The van der Waals surface area contributed by atoms with E-state index in [1.807, 2.05) is 24.3 Å². The van der Waals surface area contributed by atoms with Gasteiger partial charge in [-0.3, -0.25) is 0 Å². The van der Waals surface area contributed by atoms with E-state index in [-0.39, 0.29) is 24.2 Å². The molecular formula is C15H20O4Zn. The second kappa shape index (κ2) is 12.7. The number of hydrogen-bond acceptors (Lipinski definition) is 4. The van der Waals surface area contributed by atoms with E-state index in [9.17, 15) is 4.79 Å². The molecule has 0 aliphatic rings. The molecule has 0 saturated carbocycles. The van der Waals surface area contributed by atoms with E-state index >= 15 is 0 Å². The third-order valence-electron chi connectivity index (χ3n) is 2.51. The molecule has 0 radical (unpaired) electrons. The zero-order valence-corrected chi connectivity index (χ0v) is 15.1. The molecule has 0 spiro atoms. The van der Waals surface area contributed by atoms with Crippen molar-refractivity contribution in [2.75, 3.05) is 13.7 Å². The first kappa shape index (κ1) is 18.7. The van der Waals surface area contributed by atoms with Crippen LogP contribution >= 0.6 is 0 Å². The average Bonchev–Trinajstić information content (AvgIpc) is 2.52. The van der Waals surface area contributed by atoms with Crippen LogP contribution in [0.15, 0.2) is 30.3 Å². The molecule has 5 heteroatoms. The number of carbonyl (C=O) groups excluding carboxylic acids is 1. The molecule has 0 aromatic heterocycles. The van der Waals surface area contributed by atoms with Gasteiger partial charge in [0.05, 0.1) is 13.7 Å². The Morgan fingerprint density at radius 3 is 2.40 bits per heavy atom. The number of carbonyl (C=O) groups is 1. The van der Waals surface area contributed by atoms with Crippen molar-refractivity contribution >= 4 is 12.0 Å². The maximum atomic E-state index is 10.9. The van der Waals surface area contributed by atoms with Crippen LogP contribution in [0.3, 0.4) is 0 Å². The molecule has 0 unspecified atom stereocenters. The van der Waals surface area contributed by atoms with E-state index in [4.69, 9.17) is 8.31 Å². The summed E-state index contributed by atoms with van der Waals surface area (Å²) in [6.07, 6.45) is 6.59. The van der Waals surface area contributed by atoms with E-state index < -0.39 is 0 Å². The molecule has 0 N–H and O–H groups in total. The summed E-state index contributed by atoms with van der Waals surface area (Å²) in [6, 6.07) is 7.63. The fourth-order valence-electron chi connectivity index (χ4n) is 1.45. The van der Waals surface area contributed by atoms with Crippen molar-refractivity contribution in [1.82, 2.24) is 0 Å². The number of rotatable bonds is 7. The van der Waals surface area contributed by atoms with Crippen molar-refractivity contribution in [3.63, 3.8) is 0 Å². The average molecular weight is 330 g/mol. The van der Waals surface area contributed by atoms with Crippen LogP contribution in [0.2, 0.25) is 0 Å². The molecular weight excluding hydrogens is 310 g/mol. The Labute approximate surface area is 130 Å². The molecule has 1 aromatic carbocycles. The van der Waals surface area contributed by atoms with Crippen LogP contribution < -0.4 is 4.74 Å². The number of unbranched alkanes of at least 4 members (excludes halogenated alkanes) is 2. The number of ether oxygens (including phenoxy) is 2. The van der Waals surface area contributed by atoms with Gasteiger partial charge in [-0.2, -0.15) is 0 Å². The maximum absolute atomic E-state index is 10.9. The van der Waals surface area contributed by atoms with Crippen LogP contribution in [0.4, 0.5) is 0 Å². The van der Waals surface area contributed by atoms with Gasteiger partial charge < -0.3 is 9.47 Å². The zero-order chi connectivity index (χ0) is 15.2. The first-order chi connectivity index (χ1) is 9.76. The van der Waals surface area contributed by atoms with Crippen LogP contribution in [0, 0.1) is 0 Å². The van der Waals surface area contributed by atoms with Crippen molar-refractivity contribution in [2.45, 2.75) is 26.2 Å². The van der Waals surface area contributed by atoms with E-state index in [0.29, 0.717) is 0 Å². The molecule has 106 valence electrons. The van der Waals surface area contributed by atoms with Crippen LogP contribution in [0.25, 0.3) is 6.08 Å². The van der Waals surface area contributed by atoms with Gasteiger partial charge in [0.15, 0.2) is 0 Å². The van der Waals surface area contributed by atoms with Gasteiger partial charge in [-0.05, 0) is 30.2 Å². The number of benzene rings is 1. The first-order valence-electron chi connectivity index (χ1n) is 6.54. The van der Waals surface area contributed by atoms with Gasteiger partial charge in [-0.15, -0.1) is 0 Å². The topological polar surface area (TPSA) is 52.6 Å². The summed E-state index contributed by atoms with van der Waals surface area (Å²) >= 11 is 0.125. The number of hydrogen-bond donors (Lipinski definition) is 0. The van der Waals surface area contributed by atoms with Crippen molar-refractivity contribution < 1.29 is 36.1 Å². The minimum atomic E-state index is -0.352. The molecule has 0 saturated heterocycles. The standard InChI is InChI=1S/C15H20O3.O.Zn/c1-3-4-5-12-18-14-9-6-13(7-10-14)8-11-15(16)17-2;;/h6-11H,3-5,12H2,1-2H3;;/b11-8+;;. The van der Waals surface area contributed by atoms with Gasteiger partial charge in [-0.1, -0.05) is 31.9 Å². The van der Waals surface area contributed by atoms with Gasteiger partial charge in [0.1, 0.15) is 5.75 Å². The summed E-state index contributed by atoms with van der Waals surface area (Å²) in [7, 11) is 1.36. The molecule has 1 rings (SSSR count). The molecule has 4 nitrogen and oxygen atoms in total. The predicted octanol–water partition coefficient (Wildman–Crippen LogP) is 3.32. The Hall–Kier alpha value is -1.35.